The molecule has 2 amide bonds. The van der Waals surface area contributed by atoms with Crippen LogP contribution in [0.4, 0.5) is 0 Å². The topological polar surface area (TPSA) is 81.2 Å². The SMILES string of the molecule is CCCCN(CC(N)=O)C(=O)Cn1nc(C)c(Cl)c1C. The monoisotopic (exact) mass is 300 g/mol. The van der Waals surface area contributed by atoms with E-state index < -0.39 is 5.91 Å². The first-order chi connectivity index (χ1) is 9.36. The molecule has 20 heavy (non-hydrogen) atoms. The Hall–Kier alpha value is -1.56. The van der Waals surface area contributed by atoms with Crippen molar-refractivity contribution in [2.45, 2.75) is 40.2 Å². The Bertz CT molecular complexity index is 499. The molecule has 0 saturated carbocycles. The van der Waals surface area contributed by atoms with Crippen molar-refractivity contribution in [1.82, 2.24) is 14.7 Å². The third-order valence-corrected chi connectivity index (χ3v) is 3.61. The molecule has 6 nitrogen and oxygen atoms in total. The van der Waals surface area contributed by atoms with Gasteiger partial charge < -0.3 is 10.6 Å². The molecule has 1 heterocycles. The molecule has 0 aromatic carbocycles. The molecule has 0 bridgehead atoms. The zero-order valence-corrected chi connectivity index (χ0v) is 12.9. The molecule has 2 N–H and O–H groups in total. The van der Waals surface area contributed by atoms with E-state index in [2.05, 4.69) is 5.10 Å². The standard InChI is InChI=1S/C13H21ClN4O2/c1-4-5-6-17(7-11(15)19)12(20)8-18-10(3)13(14)9(2)16-18/h4-8H2,1-3H3,(H2,15,19). The number of aryl methyl sites for hydroxylation is 1. The number of primary amides is 1. The molecule has 0 aliphatic carbocycles. The quantitative estimate of drug-likeness (QED) is 0.823. The fourth-order valence-electron chi connectivity index (χ4n) is 1.89. The lowest BCUT2D eigenvalue weighted by molar-refractivity contribution is -0.136. The molecule has 0 radical (unpaired) electrons. The van der Waals surface area contributed by atoms with Crippen LogP contribution < -0.4 is 5.73 Å². The third-order valence-electron chi connectivity index (χ3n) is 3.06. The van der Waals surface area contributed by atoms with Gasteiger partial charge in [0.05, 0.1) is 23.0 Å². The van der Waals surface area contributed by atoms with Crippen molar-refractivity contribution < 1.29 is 9.59 Å². The highest BCUT2D eigenvalue weighted by Crippen LogP contribution is 2.18. The van der Waals surface area contributed by atoms with Crippen molar-refractivity contribution in [2.75, 3.05) is 13.1 Å². The summed E-state index contributed by atoms with van der Waals surface area (Å²) in [6, 6.07) is 0. The number of hydrogen-bond acceptors (Lipinski definition) is 3. The van der Waals surface area contributed by atoms with Crippen LogP contribution in [-0.4, -0.2) is 39.6 Å². The molecular formula is C13H21ClN4O2. The molecule has 1 aromatic heterocycles. The molecule has 0 aliphatic heterocycles. The average Bonchev–Trinajstić information content (AvgIpc) is 2.61. The normalized spacial score (nSPS) is 10.6. The lowest BCUT2D eigenvalue weighted by atomic mass is 10.3. The zero-order chi connectivity index (χ0) is 15.3. The number of unbranched alkanes of at least 4 members (excludes halogenated alkanes) is 1. The first-order valence-electron chi connectivity index (χ1n) is 6.62. The minimum absolute atomic E-state index is 0.0636. The number of amides is 2. The van der Waals surface area contributed by atoms with Gasteiger partial charge in [0.15, 0.2) is 0 Å². The van der Waals surface area contributed by atoms with Gasteiger partial charge in [-0.1, -0.05) is 24.9 Å². The van der Waals surface area contributed by atoms with E-state index in [1.807, 2.05) is 6.92 Å². The molecular weight excluding hydrogens is 280 g/mol. The minimum atomic E-state index is -0.513. The van der Waals surface area contributed by atoms with E-state index in [0.717, 1.165) is 18.5 Å². The van der Waals surface area contributed by atoms with Gasteiger partial charge in [-0.15, -0.1) is 0 Å². The van der Waals surface area contributed by atoms with Crippen LogP contribution in [-0.2, 0) is 16.1 Å². The summed E-state index contributed by atoms with van der Waals surface area (Å²) in [5, 5.41) is 4.78. The maximum atomic E-state index is 12.2. The van der Waals surface area contributed by atoms with Gasteiger partial charge in [0.1, 0.15) is 6.54 Å². The second kappa shape index (κ2) is 7.28. The summed E-state index contributed by atoms with van der Waals surface area (Å²) in [4.78, 5) is 24.7. The first-order valence-corrected chi connectivity index (χ1v) is 7.00. The van der Waals surface area contributed by atoms with Crippen LogP contribution in [0.2, 0.25) is 5.02 Å². The summed E-state index contributed by atoms with van der Waals surface area (Å²) in [7, 11) is 0. The number of aromatic nitrogens is 2. The second-order valence-corrected chi connectivity index (χ2v) is 5.16. The Kier molecular flexibility index (Phi) is 6.01. The second-order valence-electron chi connectivity index (χ2n) is 4.78. The fraction of sp³-hybridized carbons (Fsp3) is 0.615. The van der Waals surface area contributed by atoms with Crippen LogP contribution in [0, 0.1) is 13.8 Å². The van der Waals surface area contributed by atoms with Crippen molar-refractivity contribution in [1.29, 1.82) is 0 Å². The van der Waals surface area contributed by atoms with Gasteiger partial charge in [-0.3, -0.25) is 14.3 Å². The fourth-order valence-corrected chi connectivity index (χ4v) is 2.02. The number of carbonyl (C=O) groups is 2. The van der Waals surface area contributed by atoms with Crippen molar-refractivity contribution in [2.24, 2.45) is 5.73 Å². The van der Waals surface area contributed by atoms with E-state index in [9.17, 15) is 9.59 Å². The molecule has 0 saturated heterocycles. The van der Waals surface area contributed by atoms with E-state index in [1.54, 1.807) is 18.5 Å². The average molecular weight is 301 g/mol. The predicted molar refractivity (Wildman–Crippen MR) is 77.4 cm³/mol. The van der Waals surface area contributed by atoms with E-state index in [0.29, 0.717) is 17.3 Å². The number of rotatable bonds is 7. The third kappa shape index (κ3) is 4.23. The molecule has 0 aliphatic rings. The van der Waals surface area contributed by atoms with Gasteiger partial charge in [-0.25, -0.2) is 0 Å². The molecule has 0 fully saturated rings. The smallest absolute Gasteiger partial charge is 0.244 e. The van der Waals surface area contributed by atoms with Crippen molar-refractivity contribution in [3.05, 3.63) is 16.4 Å². The highest BCUT2D eigenvalue weighted by atomic mass is 35.5. The van der Waals surface area contributed by atoms with Gasteiger partial charge in [0.25, 0.3) is 0 Å². The maximum absolute atomic E-state index is 12.2. The maximum Gasteiger partial charge on any atom is 0.244 e. The van der Waals surface area contributed by atoms with Crippen LogP contribution >= 0.6 is 11.6 Å². The molecule has 7 heteroatoms. The highest BCUT2D eigenvalue weighted by Gasteiger charge is 2.18. The Morgan fingerprint density at radius 1 is 1.40 bits per heavy atom. The Morgan fingerprint density at radius 3 is 2.50 bits per heavy atom. The van der Waals surface area contributed by atoms with E-state index in [-0.39, 0.29) is 19.0 Å². The molecule has 1 rings (SSSR count). The van der Waals surface area contributed by atoms with Gasteiger partial charge >= 0.3 is 0 Å². The number of hydrogen-bond donors (Lipinski definition) is 1. The summed E-state index contributed by atoms with van der Waals surface area (Å²) < 4.78 is 1.56. The number of nitrogens with zero attached hydrogens (tertiary/aromatic N) is 3. The van der Waals surface area contributed by atoms with Crippen LogP contribution in [0.3, 0.4) is 0 Å². The number of halogens is 1. The molecule has 0 atom stereocenters. The van der Waals surface area contributed by atoms with Crippen molar-refractivity contribution in [3.63, 3.8) is 0 Å². The van der Waals surface area contributed by atoms with Gasteiger partial charge in [-0.2, -0.15) is 5.10 Å². The summed E-state index contributed by atoms with van der Waals surface area (Å²) in [6.07, 6.45) is 1.77. The zero-order valence-electron chi connectivity index (χ0n) is 12.1. The highest BCUT2D eigenvalue weighted by molar-refractivity contribution is 6.31. The Labute approximate surface area is 123 Å². The Balaban J connectivity index is 2.78. The molecule has 112 valence electrons. The summed E-state index contributed by atoms with van der Waals surface area (Å²) in [6.45, 7) is 6.13. The summed E-state index contributed by atoms with van der Waals surface area (Å²) in [5.41, 5.74) is 6.61. The van der Waals surface area contributed by atoms with Crippen LogP contribution in [0.1, 0.15) is 31.2 Å². The van der Waals surface area contributed by atoms with Gasteiger partial charge in [0, 0.05) is 6.54 Å². The van der Waals surface area contributed by atoms with E-state index in [1.165, 1.54) is 4.90 Å². The van der Waals surface area contributed by atoms with Crippen LogP contribution in [0.5, 0.6) is 0 Å². The summed E-state index contributed by atoms with van der Waals surface area (Å²) in [5.74, 6) is -0.694. The minimum Gasteiger partial charge on any atom is -0.368 e. The van der Waals surface area contributed by atoms with Crippen molar-refractivity contribution in [3.8, 4) is 0 Å². The number of carbonyl (C=O) groups excluding carboxylic acids is 2. The first kappa shape index (κ1) is 16.5. The molecule has 0 unspecified atom stereocenters. The number of nitrogens with two attached hydrogens (primary N) is 1. The largest absolute Gasteiger partial charge is 0.368 e. The van der Waals surface area contributed by atoms with E-state index >= 15 is 0 Å². The van der Waals surface area contributed by atoms with Gasteiger partial charge in [-0.05, 0) is 20.3 Å². The molecule has 1 aromatic rings. The van der Waals surface area contributed by atoms with Crippen molar-refractivity contribution >= 4 is 23.4 Å². The van der Waals surface area contributed by atoms with Crippen LogP contribution in [0.25, 0.3) is 0 Å². The molecule has 0 spiro atoms. The van der Waals surface area contributed by atoms with Gasteiger partial charge in [0.2, 0.25) is 11.8 Å². The lowest BCUT2D eigenvalue weighted by Gasteiger charge is -2.21. The lowest BCUT2D eigenvalue weighted by Crippen LogP contribution is -2.41. The van der Waals surface area contributed by atoms with E-state index in [4.69, 9.17) is 17.3 Å². The predicted octanol–water partition coefficient (Wildman–Crippen LogP) is 1.27. The Morgan fingerprint density at radius 2 is 2.05 bits per heavy atom. The van der Waals surface area contributed by atoms with Crippen LogP contribution in [0.15, 0.2) is 0 Å². The summed E-state index contributed by atoms with van der Waals surface area (Å²) >= 11 is 6.05.